The van der Waals surface area contributed by atoms with E-state index in [1.54, 1.807) is 24.3 Å². The first kappa shape index (κ1) is 14.8. The molecule has 1 heterocycles. The minimum atomic E-state index is -0.653. The summed E-state index contributed by atoms with van der Waals surface area (Å²) in [5.74, 6) is 0.831. The summed E-state index contributed by atoms with van der Waals surface area (Å²) in [4.78, 5) is 11.6. The first-order chi connectivity index (χ1) is 9.95. The summed E-state index contributed by atoms with van der Waals surface area (Å²) in [5.41, 5.74) is 7.19. The summed E-state index contributed by atoms with van der Waals surface area (Å²) in [6.07, 6.45) is 0. The van der Waals surface area contributed by atoms with Crippen molar-refractivity contribution in [3.8, 4) is 11.5 Å². The Balaban J connectivity index is 1.99. The van der Waals surface area contributed by atoms with Crippen LogP contribution in [0, 0.1) is 0 Å². The first-order valence-corrected chi connectivity index (χ1v) is 7.95. The van der Waals surface area contributed by atoms with E-state index in [9.17, 15) is 4.79 Å². The maximum atomic E-state index is 11.6. The average Bonchev–Trinajstić information content (AvgIpc) is 2.70. The van der Waals surface area contributed by atoms with Crippen LogP contribution in [-0.2, 0) is 4.79 Å². The molecule has 0 fully saturated rings. The number of nitrogens with one attached hydrogen (secondary N) is 1. The first-order valence-electron chi connectivity index (χ1n) is 5.98. The second kappa shape index (κ2) is 5.61. The monoisotopic (exact) mass is 430 g/mol. The molecule has 0 aliphatic carbocycles. The van der Waals surface area contributed by atoms with Gasteiger partial charge in [-0.15, -0.1) is 0 Å². The van der Waals surface area contributed by atoms with E-state index in [1.807, 2.05) is 6.07 Å². The van der Waals surface area contributed by atoms with Crippen molar-refractivity contribution in [3.63, 3.8) is 0 Å². The minimum absolute atomic E-state index is 0.227. The molecule has 3 rings (SSSR count). The van der Waals surface area contributed by atoms with Crippen molar-refractivity contribution < 1.29 is 9.53 Å². The normalized spacial score (nSPS) is 16.6. The Hall–Kier alpha value is -1.08. The maximum absolute atomic E-state index is 11.6. The molecule has 2 aromatic rings. The van der Waals surface area contributed by atoms with Crippen molar-refractivity contribution in [2.75, 3.05) is 5.32 Å². The Morgan fingerprint density at radius 3 is 2.71 bits per heavy atom. The zero-order valence-corrected chi connectivity index (χ0v) is 14.4. The molecular formula is C14H9Br2ClN2O2. The molecule has 1 aliphatic rings. The number of fused-ring (bicyclic) bond motifs is 1. The summed E-state index contributed by atoms with van der Waals surface area (Å²) < 4.78 is 7.37. The molecule has 108 valence electrons. The van der Waals surface area contributed by atoms with Crippen molar-refractivity contribution >= 4 is 55.1 Å². The molecule has 0 spiro atoms. The van der Waals surface area contributed by atoms with Crippen LogP contribution in [0.1, 0.15) is 11.6 Å². The van der Waals surface area contributed by atoms with E-state index in [2.05, 4.69) is 37.2 Å². The van der Waals surface area contributed by atoms with Gasteiger partial charge in [0.2, 0.25) is 5.91 Å². The van der Waals surface area contributed by atoms with E-state index in [0.29, 0.717) is 26.7 Å². The van der Waals surface area contributed by atoms with Crippen LogP contribution >= 0.6 is 43.5 Å². The zero-order valence-electron chi connectivity index (χ0n) is 10.5. The smallest absolute Gasteiger partial charge is 0.245 e. The van der Waals surface area contributed by atoms with Gasteiger partial charge in [-0.25, -0.2) is 0 Å². The Morgan fingerprint density at radius 1 is 1.19 bits per heavy atom. The molecule has 3 N–H and O–H groups in total. The van der Waals surface area contributed by atoms with Gasteiger partial charge in [-0.1, -0.05) is 27.5 Å². The molecule has 0 bridgehead atoms. The maximum Gasteiger partial charge on any atom is 0.245 e. The highest BCUT2D eigenvalue weighted by molar-refractivity contribution is 9.10. The van der Waals surface area contributed by atoms with Crippen LogP contribution in [0.15, 0.2) is 39.3 Å². The van der Waals surface area contributed by atoms with Crippen molar-refractivity contribution in [2.24, 2.45) is 5.73 Å². The number of carbonyl (C=O) groups excluding carboxylic acids is 1. The fourth-order valence-corrected chi connectivity index (χ4v) is 2.98. The van der Waals surface area contributed by atoms with E-state index >= 15 is 0 Å². The number of anilines is 1. The van der Waals surface area contributed by atoms with Crippen molar-refractivity contribution in [1.29, 1.82) is 0 Å². The van der Waals surface area contributed by atoms with Gasteiger partial charge in [-0.2, -0.15) is 0 Å². The van der Waals surface area contributed by atoms with Gasteiger partial charge < -0.3 is 15.8 Å². The number of rotatable bonds is 2. The van der Waals surface area contributed by atoms with Crippen molar-refractivity contribution in [3.05, 3.63) is 49.9 Å². The minimum Gasteiger partial charge on any atom is -0.454 e. The second-order valence-corrected chi connectivity index (χ2v) is 6.69. The number of amides is 1. The molecular weight excluding hydrogens is 423 g/mol. The third kappa shape index (κ3) is 2.81. The molecule has 0 aromatic heterocycles. The molecule has 1 atom stereocenters. The third-order valence-electron chi connectivity index (χ3n) is 3.09. The standard InChI is InChI=1S/C14H9Br2ClN2O2/c15-6-1-2-9(17)12(3-6)21-11-5-10-7(4-8(11)16)13(18)14(20)19-10/h1-5,13H,18H2,(H,19,20). The summed E-state index contributed by atoms with van der Waals surface area (Å²) in [6.45, 7) is 0. The molecule has 2 aromatic carbocycles. The Labute approximate surface area is 142 Å². The molecule has 7 heteroatoms. The van der Waals surface area contributed by atoms with Gasteiger partial charge in [-0.05, 0) is 40.2 Å². The van der Waals surface area contributed by atoms with Gasteiger partial charge >= 0.3 is 0 Å². The molecule has 1 amide bonds. The van der Waals surface area contributed by atoms with E-state index in [0.717, 1.165) is 10.0 Å². The van der Waals surface area contributed by atoms with Crippen LogP contribution < -0.4 is 15.8 Å². The largest absolute Gasteiger partial charge is 0.454 e. The topological polar surface area (TPSA) is 64.4 Å². The highest BCUT2D eigenvalue weighted by atomic mass is 79.9. The van der Waals surface area contributed by atoms with Crippen LogP contribution in [0.4, 0.5) is 5.69 Å². The van der Waals surface area contributed by atoms with Gasteiger partial charge in [0, 0.05) is 21.8 Å². The number of ether oxygens (including phenoxy) is 1. The van der Waals surface area contributed by atoms with Gasteiger partial charge in [-0.3, -0.25) is 4.79 Å². The lowest BCUT2D eigenvalue weighted by Gasteiger charge is -2.12. The molecule has 21 heavy (non-hydrogen) atoms. The van der Waals surface area contributed by atoms with Crippen LogP contribution in [-0.4, -0.2) is 5.91 Å². The van der Waals surface area contributed by atoms with Crippen LogP contribution in [0.5, 0.6) is 11.5 Å². The molecule has 0 saturated carbocycles. The van der Waals surface area contributed by atoms with E-state index in [-0.39, 0.29) is 5.91 Å². The number of benzene rings is 2. The third-order valence-corrected chi connectivity index (χ3v) is 4.52. The fraction of sp³-hybridized carbons (Fsp3) is 0.0714. The molecule has 0 radical (unpaired) electrons. The molecule has 4 nitrogen and oxygen atoms in total. The predicted octanol–water partition coefficient (Wildman–Crippen LogP) is 4.61. The van der Waals surface area contributed by atoms with Gasteiger partial charge in [0.25, 0.3) is 0 Å². The highest BCUT2D eigenvalue weighted by Crippen LogP contribution is 2.41. The SMILES string of the molecule is NC1C(=O)Nc2cc(Oc3cc(Br)ccc3Cl)c(Br)cc21. The lowest BCUT2D eigenvalue weighted by Crippen LogP contribution is -2.19. The summed E-state index contributed by atoms with van der Waals surface area (Å²) in [5, 5.41) is 3.21. The van der Waals surface area contributed by atoms with E-state index in [4.69, 9.17) is 22.1 Å². The predicted molar refractivity (Wildman–Crippen MR) is 88.9 cm³/mol. The lowest BCUT2D eigenvalue weighted by molar-refractivity contribution is -0.116. The van der Waals surface area contributed by atoms with Gasteiger partial charge in [0.05, 0.1) is 9.50 Å². The van der Waals surface area contributed by atoms with Gasteiger partial charge in [0.1, 0.15) is 17.5 Å². The number of carbonyl (C=O) groups is 1. The van der Waals surface area contributed by atoms with E-state index in [1.165, 1.54) is 0 Å². The fourth-order valence-electron chi connectivity index (χ4n) is 2.04. The molecule has 1 unspecified atom stereocenters. The van der Waals surface area contributed by atoms with Crippen LogP contribution in [0.2, 0.25) is 5.02 Å². The number of nitrogens with two attached hydrogens (primary N) is 1. The Morgan fingerprint density at radius 2 is 1.95 bits per heavy atom. The summed E-state index contributed by atoms with van der Waals surface area (Å²) in [6, 6.07) is 8.18. The lowest BCUT2D eigenvalue weighted by atomic mass is 10.1. The van der Waals surface area contributed by atoms with Crippen molar-refractivity contribution in [2.45, 2.75) is 6.04 Å². The molecule has 0 saturated heterocycles. The second-order valence-electron chi connectivity index (χ2n) is 4.51. The number of hydrogen-bond donors (Lipinski definition) is 2. The summed E-state index contributed by atoms with van der Waals surface area (Å²) >= 11 is 12.9. The summed E-state index contributed by atoms with van der Waals surface area (Å²) in [7, 11) is 0. The highest BCUT2D eigenvalue weighted by Gasteiger charge is 2.28. The Kier molecular flexibility index (Phi) is 3.96. The van der Waals surface area contributed by atoms with E-state index < -0.39 is 6.04 Å². The van der Waals surface area contributed by atoms with Gasteiger partial charge in [0.15, 0.2) is 0 Å². The number of hydrogen-bond acceptors (Lipinski definition) is 3. The van der Waals surface area contributed by atoms with Crippen molar-refractivity contribution in [1.82, 2.24) is 0 Å². The number of halogens is 3. The molecule has 1 aliphatic heterocycles. The van der Waals surface area contributed by atoms with Crippen LogP contribution in [0.3, 0.4) is 0 Å². The zero-order chi connectivity index (χ0) is 15.1. The average molecular weight is 432 g/mol. The van der Waals surface area contributed by atoms with Crippen LogP contribution in [0.25, 0.3) is 0 Å². The Bertz CT molecular complexity index is 752. The quantitative estimate of drug-likeness (QED) is 0.729.